The molecule has 14 nitrogen and oxygen atoms in total. The zero-order chi connectivity index (χ0) is 50.7. The number of hydrogen-bond donors (Lipinski definition) is 8. The van der Waals surface area contributed by atoms with Gasteiger partial charge in [0.25, 0.3) is 0 Å². The standard InChI is InChI=1S/C8H15NO2.C7H15NO2.C6H13NO.C5H11NO.C5H10O2.2C5H12O.C5H12/c1-8(2,3)7(11)9-4-6(10)5-9;1-7(2,3)6(10)8-4-5-9;1-6(2,3)5(8)7-4;2*1-5(2,3)4(6)7;2*1-5(2,3)4-6;1-5(2,3)4/h6,10H,4-5H2,1-3H3;9H,4-5H2,1-3H3,(H,8,10);1-4H3,(H,7,8);1-3H3,(H2,6,7);1-3H3,(H,6,7);2*6H,4H2,1-3H3;1-4H3. The van der Waals surface area contributed by atoms with E-state index >= 15 is 0 Å². The Morgan fingerprint density at radius 2 is 0.800 bits per heavy atom. The molecular formula is C46H100N4O10. The fourth-order valence-corrected chi connectivity index (χ4v) is 1.91. The Morgan fingerprint density at radius 1 is 0.550 bits per heavy atom. The van der Waals surface area contributed by atoms with Crippen molar-refractivity contribution in [2.75, 3.05) is 46.5 Å². The number of aliphatic carboxylic acids is 1. The molecule has 0 spiro atoms. The molecular weight excluding hydrogens is 769 g/mol. The van der Waals surface area contributed by atoms with Crippen LogP contribution in [-0.2, 0) is 24.0 Å². The number of aliphatic hydroxyl groups excluding tert-OH is 4. The van der Waals surface area contributed by atoms with Crippen LogP contribution in [0, 0.1) is 43.3 Å². The van der Waals surface area contributed by atoms with Crippen LogP contribution in [0.4, 0.5) is 0 Å². The van der Waals surface area contributed by atoms with Crippen LogP contribution in [0.5, 0.6) is 0 Å². The molecule has 0 saturated carbocycles. The summed E-state index contributed by atoms with van der Waals surface area (Å²) in [4.78, 5) is 55.1. The van der Waals surface area contributed by atoms with Gasteiger partial charge in [-0.1, -0.05) is 152 Å². The molecule has 14 heteroatoms. The van der Waals surface area contributed by atoms with Crippen molar-refractivity contribution in [3.05, 3.63) is 0 Å². The maximum atomic E-state index is 11.4. The summed E-state index contributed by atoms with van der Waals surface area (Å²) in [6.45, 7) is 49.8. The minimum Gasteiger partial charge on any atom is -0.481 e. The van der Waals surface area contributed by atoms with E-state index < -0.39 is 11.4 Å². The fraction of sp³-hybridized carbons (Fsp3) is 0.891. The Bertz CT molecular complexity index is 1110. The highest BCUT2D eigenvalue weighted by molar-refractivity contribution is 5.82. The summed E-state index contributed by atoms with van der Waals surface area (Å²) in [6.07, 6.45) is -0.290. The van der Waals surface area contributed by atoms with Crippen LogP contribution in [0.2, 0.25) is 0 Å². The van der Waals surface area contributed by atoms with Gasteiger partial charge in [-0.2, -0.15) is 0 Å². The zero-order valence-electron chi connectivity index (χ0n) is 43.6. The molecule has 1 rings (SSSR count). The maximum absolute atomic E-state index is 11.4. The van der Waals surface area contributed by atoms with Gasteiger partial charge in [0.1, 0.15) is 0 Å². The minimum absolute atomic E-state index is 0.00181. The number of β-amino-alcohol motifs (C(OH)–C–C–N with tert-alkyl or cyclic N) is 1. The number of carbonyl (C=O) groups is 5. The van der Waals surface area contributed by atoms with Crippen molar-refractivity contribution >= 4 is 29.6 Å². The van der Waals surface area contributed by atoms with Crippen LogP contribution in [0.3, 0.4) is 0 Å². The molecule has 364 valence electrons. The van der Waals surface area contributed by atoms with Gasteiger partial charge in [-0.15, -0.1) is 0 Å². The molecule has 0 aromatic rings. The van der Waals surface area contributed by atoms with Crippen molar-refractivity contribution in [2.45, 2.75) is 179 Å². The summed E-state index contributed by atoms with van der Waals surface area (Å²) in [7, 11) is 1.65. The lowest BCUT2D eigenvalue weighted by Crippen LogP contribution is -2.56. The molecule has 0 aliphatic carbocycles. The SMILES string of the molecule is CC(C)(C)C.CC(C)(C)C(=O)N1CC(O)C1.CC(C)(C)C(=O)NCCO.CC(C)(C)C(=O)O.CC(C)(C)C(N)=O.CC(C)(C)CO.CC(C)(C)CO.CNC(=O)C(C)(C)C. The fourth-order valence-electron chi connectivity index (χ4n) is 1.91. The average Bonchev–Trinajstić information content (AvgIpc) is 2.99. The summed E-state index contributed by atoms with van der Waals surface area (Å²) in [6, 6.07) is 0. The zero-order valence-corrected chi connectivity index (χ0v) is 43.6. The van der Waals surface area contributed by atoms with Crippen molar-refractivity contribution in [2.24, 2.45) is 49.1 Å². The Kier molecular flexibility index (Phi) is 37.1. The van der Waals surface area contributed by atoms with Crippen LogP contribution >= 0.6 is 0 Å². The number of carbonyl (C=O) groups excluding carboxylic acids is 4. The van der Waals surface area contributed by atoms with Crippen LogP contribution < -0.4 is 16.4 Å². The molecule has 4 amide bonds. The van der Waals surface area contributed by atoms with Gasteiger partial charge in [0.15, 0.2) is 0 Å². The molecule has 0 unspecified atom stereocenters. The number of primary amides is 1. The van der Waals surface area contributed by atoms with E-state index in [1.165, 1.54) is 0 Å². The van der Waals surface area contributed by atoms with Gasteiger partial charge in [0, 0.05) is 61.6 Å². The first kappa shape index (κ1) is 71.7. The molecule has 1 saturated heterocycles. The van der Waals surface area contributed by atoms with Crippen molar-refractivity contribution in [3.8, 4) is 0 Å². The molecule has 60 heavy (non-hydrogen) atoms. The van der Waals surface area contributed by atoms with E-state index in [0.29, 0.717) is 25.0 Å². The molecule has 1 aliphatic heterocycles. The first-order valence-corrected chi connectivity index (χ1v) is 20.7. The van der Waals surface area contributed by atoms with Crippen LogP contribution in [0.25, 0.3) is 0 Å². The predicted octanol–water partition coefficient (Wildman–Crippen LogP) is 6.89. The van der Waals surface area contributed by atoms with Crippen molar-refractivity contribution in [1.29, 1.82) is 0 Å². The van der Waals surface area contributed by atoms with Gasteiger partial charge in [-0.3, -0.25) is 24.0 Å². The number of carboxylic acids is 1. The Labute approximate surface area is 368 Å². The summed E-state index contributed by atoms with van der Waals surface area (Å²) in [5.41, 5.74) is 3.78. The summed E-state index contributed by atoms with van der Waals surface area (Å²) < 4.78 is 0. The quantitative estimate of drug-likeness (QED) is 0.143. The van der Waals surface area contributed by atoms with Crippen molar-refractivity contribution in [3.63, 3.8) is 0 Å². The van der Waals surface area contributed by atoms with E-state index in [2.05, 4.69) is 38.3 Å². The summed E-state index contributed by atoms with van der Waals surface area (Å²) in [5, 5.41) is 47.5. The first-order valence-electron chi connectivity index (χ1n) is 20.7. The van der Waals surface area contributed by atoms with Crippen molar-refractivity contribution < 1.29 is 49.5 Å². The number of likely N-dealkylation sites (tertiary alicyclic amines) is 1. The van der Waals surface area contributed by atoms with E-state index in [1.54, 1.807) is 53.5 Å². The van der Waals surface area contributed by atoms with E-state index in [0.717, 1.165) is 0 Å². The lowest BCUT2D eigenvalue weighted by atomic mass is 9.93. The van der Waals surface area contributed by atoms with Gasteiger partial charge < -0.3 is 46.8 Å². The number of nitrogens with zero attached hydrogens (tertiary/aromatic N) is 1. The highest BCUT2D eigenvalue weighted by Crippen LogP contribution is 2.21. The molecule has 1 fully saturated rings. The second kappa shape index (κ2) is 31.1. The number of amides is 4. The van der Waals surface area contributed by atoms with Gasteiger partial charge in [0.05, 0.1) is 18.1 Å². The Hall–Kier alpha value is -2.81. The lowest BCUT2D eigenvalue weighted by molar-refractivity contribution is -0.149. The summed E-state index contributed by atoms with van der Waals surface area (Å²) in [5.74, 6) is -0.832. The summed E-state index contributed by atoms with van der Waals surface area (Å²) >= 11 is 0. The predicted molar refractivity (Wildman–Crippen MR) is 249 cm³/mol. The van der Waals surface area contributed by atoms with Crippen LogP contribution in [-0.4, -0.2) is 113 Å². The van der Waals surface area contributed by atoms with Crippen molar-refractivity contribution in [1.82, 2.24) is 15.5 Å². The number of nitrogens with one attached hydrogen (secondary N) is 2. The highest BCUT2D eigenvalue weighted by Gasteiger charge is 2.35. The molecule has 0 aromatic heterocycles. The number of carboxylic acid groups (broad SMARTS) is 1. The number of hydrogen-bond acceptors (Lipinski definition) is 9. The Balaban J connectivity index is -0.000000108. The van der Waals surface area contributed by atoms with Crippen LogP contribution in [0.15, 0.2) is 0 Å². The topological polar surface area (TPSA) is 240 Å². The van der Waals surface area contributed by atoms with Gasteiger partial charge in [0.2, 0.25) is 23.6 Å². The normalized spacial score (nSPS) is 13.0. The number of nitrogens with two attached hydrogens (primary N) is 1. The second-order valence-corrected chi connectivity index (χ2v) is 23.8. The molecule has 9 N–H and O–H groups in total. The first-order chi connectivity index (χ1) is 25.9. The molecule has 0 aromatic carbocycles. The number of rotatable bonds is 2. The Morgan fingerprint density at radius 3 is 0.900 bits per heavy atom. The van der Waals surface area contributed by atoms with Crippen LogP contribution in [0.1, 0.15) is 173 Å². The minimum atomic E-state index is -0.757. The molecule has 1 aliphatic rings. The third kappa shape index (κ3) is 61.8. The van der Waals surface area contributed by atoms with E-state index in [-0.39, 0.29) is 82.0 Å². The third-order valence-electron chi connectivity index (χ3n) is 6.11. The average molecular weight is 869 g/mol. The largest absolute Gasteiger partial charge is 0.481 e. The van der Waals surface area contributed by atoms with Gasteiger partial charge in [-0.25, -0.2) is 0 Å². The monoisotopic (exact) mass is 869 g/mol. The van der Waals surface area contributed by atoms with E-state index in [4.69, 9.17) is 31.3 Å². The third-order valence-corrected chi connectivity index (χ3v) is 6.11. The van der Waals surface area contributed by atoms with E-state index in [9.17, 15) is 24.0 Å². The maximum Gasteiger partial charge on any atom is 0.308 e. The molecule has 0 bridgehead atoms. The smallest absolute Gasteiger partial charge is 0.308 e. The lowest BCUT2D eigenvalue weighted by Gasteiger charge is -2.39. The van der Waals surface area contributed by atoms with E-state index in [1.807, 2.05) is 104 Å². The number of aliphatic hydroxyl groups is 4. The van der Waals surface area contributed by atoms with Gasteiger partial charge in [-0.05, 0) is 37.0 Å². The molecule has 0 radical (unpaired) electrons. The molecule has 1 heterocycles. The van der Waals surface area contributed by atoms with Gasteiger partial charge >= 0.3 is 5.97 Å². The second-order valence-electron chi connectivity index (χ2n) is 23.8. The highest BCUT2D eigenvalue weighted by atomic mass is 16.4. The molecule has 0 atom stereocenters.